The Hall–Kier alpha value is -3.28. The van der Waals surface area contributed by atoms with E-state index in [9.17, 15) is 4.79 Å². The van der Waals surface area contributed by atoms with Gasteiger partial charge in [-0.15, -0.1) is 10.2 Å². The minimum absolute atomic E-state index is 0.266. The molecular weight excluding hydrogens is 302 g/mol. The monoisotopic (exact) mass is 319 g/mol. The molecule has 0 fully saturated rings. The minimum atomic E-state index is -0.266. The maximum Gasteiger partial charge on any atom is 0.258 e. The third-order valence-corrected chi connectivity index (χ3v) is 3.55. The largest absolute Gasteiger partial charge is 0.364 e. The first-order valence-corrected chi connectivity index (χ1v) is 7.56. The van der Waals surface area contributed by atoms with Crippen LogP contribution in [0.2, 0.25) is 0 Å². The molecule has 120 valence electrons. The molecular formula is C18H17N5O. The van der Waals surface area contributed by atoms with Crippen molar-refractivity contribution in [3.05, 3.63) is 77.6 Å². The van der Waals surface area contributed by atoms with E-state index in [1.165, 1.54) is 17.3 Å². The smallest absolute Gasteiger partial charge is 0.258 e. The SMILES string of the molecule is Cc1ccccc1CNc1ccc(NC(=O)c2cccnc2)nn1. The summed E-state index contributed by atoms with van der Waals surface area (Å²) >= 11 is 0. The number of carbonyl (C=O) groups excluding carboxylic acids is 1. The van der Waals surface area contributed by atoms with Gasteiger partial charge < -0.3 is 10.6 Å². The summed E-state index contributed by atoms with van der Waals surface area (Å²) in [5.41, 5.74) is 2.90. The molecule has 24 heavy (non-hydrogen) atoms. The molecule has 0 atom stereocenters. The highest BCUT2D eigenvalue weighted by Crippen LogP contribution is 2.11. The number of hydrogen-bond donors (Lipinski definition) is 2. The van der Waals surface area contributed by atoms with E-state index in [-0.39, 0.29) is 5.91 Å². The molecule has 2 aromatic heterocycles. The standard InChI is InChI=1S/C18H17N5O/c1-13-5-2-3-6-14(13)12-20-16-8-9-17(23-22-16)21-18(24)15-7-4-10-19-11-15/h2-11H,12H2,1H3,(H,20,22)(H,21,23,24). The number of hydrogen-bond acceptors (Lipinski definition) is 5. The average Bonchev–Trinajstić information content (AvgIpc) is 2.63. The second-order valence-electron chi connectivity index (χ2n) is 5.28. The summed E-state index contributed by atoms with van der Waals surface area (Å²) in [6.45, 7) is 2.74. The zero-order valence-electron chi connectivity index (χ0n) is 13.2. The molecule has 2 heterocycles. The Bertz CT molecular complexity index is 818. The lowest BCUT2D eigenvalue weighted by Crippen LogP contribution is -2.14. The first-order valence-electron chi connectivity index (χ1n) is 7.56. The number of aromatic nitrogens is 3. The van der Waals surface area contributed by atoms with Crippen molar-refractivity contribution in [1.29, 1.82) is 0 Å². The van der Waals surface area contributed by atoms with E-state index >= 15 is 0 Å². The summed E-state index contributed by atoms with van der Waals surface area (Å²) < 4.78 is 0. The summed E-state index contributed by atoms with van der Waals surface area (Å²) in [7, 11) is 0. The predicted octanol–water partition coefficient (Wildman–Crippen LogP) is 3.04. The van der Waals surface area contributed by atoms with Crippen molar-refractivity contribution in [2.45, 2.75) is 13.5 Å². The number of nitrogens with one attached hydrogen (secondary N) is 2. The molecule has 0 unspecified atom stereocenters. The van der Waals surface area contributed by atoms with Gasteiger partial charge in [-0.1, -0.05) is 24.3 Å². The molecule has 0 bridgehead atoms. The van der Waals surface area contributed by atoms with Crippen molar-refractivity contribution < 1.29 is 4.79 Å². The Balaban J connectivity index is 1.59. The molecule has 0 spiro atoms. The number of carbonyl (C=O) groups is 1. The first kappa shape index (κ1) is 15.6. The zero-order chi connectivity index (χ0) is 16.8. The highest BCUT2D eigenvalue weighted by molar-refractivity contribution is 6.03. The van der Waals surface area contributed by atoms with Gasteiger partial charge in [-0.3, -0.25) is 9.78 Å². The number of rotatable bonds is 5. The Morgan fingerprint density at radius 2 is 1.79 bits per heavy atom. The van der Waals surface area contributed by atoms with Crippen molar-refractivity contribution in [1.82, 2.24) is 15.2 Å². The van der Waals surface area contributed by atoms with Gasteiger partial charge in [0.1, 0.15) is 5.82 Å². The maximum absolute atomic E-state index is 12.0. The molecule has 3 aromatic rings. The molecule has 6 heteroatoms. The molecule has 2 N–H and O–H groups in total. The number of benzene rings is 1. The van der Waals surface area contributed by atoms with Gasteiger partial charge >= 0.3 is 0 Å². The fourth-order valence-electron chi connectivity index (χ4n) is 2.17. The van der Waals surface area contributed by atoms with E-state index in [1.807, 2.05) is 12.1 Å². The van der Waals surface area contributed by atoms with Crippen LogP contribution in [0.4, 0.5) is 11.6 Å². The van der Waals surface area contributed by atoms with Crippen LogP contribution in [0.3, 0.4) is 0 Å². The first-order chi connectivity index (χ1) is 11.7. The minimum Gasteiger partial charge on any atom is -0.364 e. The van der Waals surface area contributed by atoms with Gasteiger partial charge in [-0.2, -0.15) is 0 Å². The molecule has 0 aliphatic carbocycles. The molecule has 0 aliphatic heterocycles. The number of amides is 1. The molecule has 1 aromatic carbocycles. The van der Waals surface area contributed by atoms with Crippen LogP contribution in [0.15, 0.2) is 60.9 Å². The zero-order valence-corrected chi connectivity index (χ0v) is 13.2. The fraction of sp³-hybridized carbons (Fsp3) is 0.111. The van der Waals surface area contributed by atoms with Crippen LogP contribution >= 0.6 is 0 Å². The van der Waals surface area contributed by atoms with Crippen LogP contribution in [0.5, 0.6) is 0 Å². The van der Waals surface area contributed by atoms with Crippen LogP contribution in [-0.4, -0.2) is 21.1 Å². The fourth-order valence-corrected chi connectivity index (χ4v) is 2.17. The quantitative estimate of drug-likeness (QED) is 0.755. The van der Waals surface area contributed by atoms with Crippen LogP contribution < -0.4 is 10.6 Å². The average molecular weight is 319 g/mol. The van der Waals surface area contributed by atoms with Crippen molar-refractivity contribution in [2.24, 2.45) is 0 Å². The van der Waals surface area contributed by atoms with Crippen LogP contribution in [-0.2, 0) is 6.54 Å². The number of aryl methyl sites for hydroxylation is 1. The Kier molecular flexibility index (Phi) is 4.76. The number of anilines is 2. The predicted molar refractivity (Wildman–Crippen MR) is 92.7 cm³/mol. The van der Waals surface area contributed by atoms with Gasteiger partial charge in [-0.05, 0) is 42.3 Å². The van der Waals surface area contributed by atoms with Crippen molar-refractivity contribution >= 4 is 17.5 Å². The Labute approximate surface area is 140 Å². The van der Waals surface area contributed by atoms with E-state index in [1.54, 1.807) is 30.5 Å². The van der Waals surface area contributed by atoms with Gasteiger partial charge in [-0.25, -0.2) is 0 Å². The van der Waals surface area contributed by atoms with Gasteiger partial charge in [0.25, 0.3) is 5.91 Å². The maximum atomic E-state index is 12.0. The Morgan fingerprint density at radius 1 is 1.00 bits per heavy atom. The van der Waals surface area contributed by atoms with E-state index in [0.717, 1.165) is 0 Å². The second kappa shape index (κ2) is 7.32. The summed E-state index contributed by atoms with van der Waals surface area (Å²) in [5, 5.41) is 14.0. The molecule has 6 nitrogen and oxygen atoms in total. The van der Waals surface area contributed by atoms with Crippen LogP contribution in [0, 0.1) is 6.92 Å². The van der Waals surface area contributed by atoms with Crippen LogP contribution in [0.1, 0.15) is 21.5 Å². The van der Waals surface area contributed by atoms with Crippen molar-refractivity contribution in [3.8, 4) is 0 Å². The third-order valence-electron chi connectivity index (χ3n) is 3.55. The summed E-state index contributed by atoms with van der Waals surface area (Å²) in [4.78, 5) is 15.9. The van der Waals surface area contributed by atoms with Gasteiger partial charge in [0.2, 0.25) is 0 Å². The summed E-state index contributed by atoms with van der Waals surface area (Å²) in [5.74, 6) is 0.779. The lowest BCUT2D eigenvalue weighted by Gasteiger charge is -2.08. The highest BCUT2D eigenvalue weighted by atomic mass is 16.1. The van der Waals surface area contributed by atoms with Gasteiger partial charge in [0, 0.05) is 18.9 Å². The normalized spacial score (nSPS) is 10.2. The second-order valence-corrected chi connectivity index (χ2v) is 5.28. The number of pyridine rings is 1. The van der Waals surface area contributed by atoms with E-state index in [0.29, 0.717) is 23.7 Å². The van der Waals surface area contributed by atoms with E-state index in [4.69, 9.17) is 0 Å². The third kappa shape index (κ3) is 3.92. The van der Waals surface area contributed by atoms with Crippen LogP contribution in [0.25, 0.3) is 0 Å². The van der Waals surface area contributed by atoms with Gasteiger partial charge in [0.05, 0.1) is 5.56 Å². The number of nitrogens with zero attached hydrogens (tertiary/aromatic N) is 3. The lowest BCUT2D eigenvalue weighted by atomic mass is 10.1. The molecule has 3 rings (SSSR count). The summed E-state index contributed by atoms with van der Waals surface area (Å²) in [6.07, 6.45) is 3.12. The topological polar surface area (TPSA) is 79.8 Å². The highest BCUT2D eigenvalue weighted by Gasteiger charge is 2.07. The molecule has 0 aliphatic rings. The van der Waals surface area contributed by atoms with E-state index in [2.05, 4.69) is 44.9 Å². The summed E-state index contributed by atoms with van der Waals surface area (Å²) in [6, 6.07) is 15.0. The van der Waals surface area contributed by atoms with E-state index < -0.39 is 0 Å². The molecule has 0 saturated carbocycles. The lowest BCUT2D eigenvalue weighted by molar-refractivity contribution is 0.102. The molecule has 1 amide bonds. The Morgan fingerprint density at radius 3 is 2.50 bits per heavy atom. The molecule has 0 saturated heterocycles. The van der Waals surface area contributed by atoms with Crippen molar-refractivity contribution in [3.63, 3.8) is 0 Å². The van der Waals surface area contributed by atoms with Gasteiger partial charge in [0.15, 0.2) is 5.82 Å². The molecule has 0 radical (unpaired) electrons. The van der Waals surface area contributed by atoms with Crippen molar-refractivity contribution in [2.75, 3.05) is 10.6 Å².